The van der Waals surface area contributed by atoms with Gasteiger partial charge in [-0.2, -0.15) is 0 Å². The van der Waals surface area contributed by atoms with Gasteiger partial charge in [-0.3, -0.25) is 0 Å². The van der Waals surface area contributed by atoms with Crippen molar-refractivity contribution in [3.63, 3.8) is 0 Å². The minimum absolute atomic E-state index is 0.000185. The van der Waals surface area contributed by atoms with Gasteiger partial charge in [0.05, 0.1) is 0 Å². The fourth-order valence-corrected chi connectivity index (χ4v) is 1.80. The molecule has 0 saturated carbocycles. The van der Waals surface area contributed by atoms with Crippen LogP contribution in [0.25, 0.3) is 10.8 Å². The van der Waals surface area contributed by atoms with E-state index in [4.69, 9.17) is 3.79 Å². The molecule has 16 heavy (non-hydrogen) atoms. The maximum absolute atomic E-state index is 13.3. The Kier molecular flexibility index (Phi) is 2.95. The van der Waals surface area contributed by atoms with Crippen LogP contribution in [0.2, 0.25) is 0 Å². The van der Waals surface area contributed by atoms with E-state index >= 15 is 0 Å². The van der Waals surface area contributed by atoms with E-state index in [-0.39, 0.29) is 16.5 Å². The summed E-state index contributed by atoms with van der Waals surface area (Å²) in [5, 5.41) is -0.437. The average Bonchev–Trinajstić information content (AvgIpc) is 2.21. The topological polar surface area (TPSA) is 26.3 Å². The predicted octanol–water partition coefficient (Wildman–Crippen LogP) is 2.60. The van der Waals surface area contributed by atoms with Gasteiger partial charge < -0.3 is 0 Å². The zero-order valence-electron chi connectivity index (χ0n) is 7.84. The van der Waals surface area contributed by atoms with Crippen LogP contribution >= 0.6 is 0 Å². The van der Waals surface area contributed by atoms with Crippen molar-refractivity contribution in [3.8, 4) is 5.75 Å². The average molecular weight is 240 g/mol. The van der Waals surface area contributed by atoms with E-state index in [1.54, 1.807) is 0 Å². The molecule has 0 heterocycles. The maximum atomic E-state index is 13.3. The van der Waals surface area contributed by atoms with Crippen LogP contribution < -0.4 is 3.79 Å². The molecule has 0 radical (unpaired) electrons. The van der Waals surface area contributed by atoms with Gasteiger partial charge in [0.2, 0.25) is 0 Å². The Hall–Kier alpha value is -1.38. The number of rotatable bonds is 2. The van der Waals surface area contributed by atoms with Gasteiger partial charge in [0.1, 0.15) is 0 Å². The summed E-state index contributed by atoms with van der Waals surface area (Å²) in [6.07, 6.45) is 0. The van der Waals surface area contributed by atoms with Crippen LogP contribution in [0.4, 0.5) is 13.2 Å². The van der Waals surface area contributed by atoms with Crippen molar-refractivity contribution in [1.82, 2.24) is 0 Å². The molecule has 0 unspecified atom stereocenters. The van der Waals surface area contributed by atoms with Crippen molar-refractivity contribution in [1.29, 1.82) is 0 Å². The number of hydrogen-bond acceptors (Lipinski definition) is 2. The normalized spacial score (nSPS) is 10.2. The fourth-order valence-electron chi connectivity index (χ4n) is 1.49. The first-order chi connectivity index (χ1) is 7.63. The number of fused-ring (bicyclic) bond motifs is 1. The molecular formula is C10H4AlF3O2. The second-order valence-electron chi connectivity index (χ2n) is 3.07. The van der Waals surface area contributed by atoms with E-state index < -0.39 is 32.9 Å². The van der Waals surface area contributed by atoms with Gasteiger partial charge in [0.25, 0.3) is 0 Å². The number of benzene rings is 2. The number of hydrogen-bond donors (Lipinski definition) is 0. The first-order valence-corrected chi connectivity index (χ1v) is 5.25. The van der Waals surface area contributed by atoms with Crippen LogP contribution in [-0.4, -0.2) is 15.5 Å². The Bertz CT molecular complexity index is 571. The van der Waals surface area contributed by atoms with Gasteiger partial charge in [0.15, 0.2) is 0 Å². The van der Waals surface area contributed by atoms with Crippen LogP contribution in [0.5, 0.6) is 5.75 Å². The van der Waals surface area contributed by atoms with Crippen molar-refractivity contribution in [2.24, 2.45) is 0 Å². The monoisotopic (exact) mass is 240 g/mol. The van der Waals surface area contributed by atoms with Crippen LogP contribution in [-0.2, 0) is 3.80 Å². The summed E-state index contributed by atoms with van der Waals surface area (Å²) in [6.45, 7) is 0. The predicted molar refractivity (Wildman–Crippen MR) is 50.9 cm³/mol. The Morgan fingerprint density at radius 3 is 2.50 bits per heavy atom. The fraction of sp³-hybridized carbons (Fsp3) is 0. The van der Waals surface area contributed by atoms with Gasteiger partial charge in [-0.05, 0) is 0 Å². The molecule has 0 fully saturated rings. The molecule has 80 valence electrons. The van der Waals surface area contributed by atoms with Crippen LogP contribution in [0.15, 0.2) is 24.3 Å². The Labute approximate surface area is 94.9 Å². The quantitative estimate of drug-likeness (QED) is 0.754. The summed E-state index contributed by atoms with van der Waals surface area (Å²) in [4.78, 5) is 0. The van der Waals surface area contributed by atoms with E-state index in [0.717, 1.165) is 12.1 Å². The first-order valence-electron chi connectivity index (χ1n) is 4.31. The molecule has 0 aliphatic carbocycles. The zero-order valence-corrected chi connectivity index (χ0v) is 8.99. The summed E-state index contributed by atoms with van der Waals surface area (Å²) in [5.41, 5.74) is 0. The molecule has 2 nitrogen and oxygen atoms in total. The number of halogens is 3. The molecule has 6 heteroatoms. The van der Waals surface area contributed by atoms with Crippen molar-refractivity contribution < 1.29 is 20.8 Å². The van der Waals surface area contributed by atoms with Gasteiger partial charge in [-0.25, -0.2) is 0 Å². The molecular weight excluding hydrogens is 236 g/mol. The van der Waals surface area contributed by atoms with Gasteiger partial charge in [0, 0.05) is 0 Å². The van der Waals surface area contributed by atoms with Crippen LogP contribution in [0.3, 0.4) is 0 Å². The molecule has 0 aliphatic heterocycles. The van der Waals surface area contributed by atoms with E-state index in [9.17, 15) is 17.0 Å². The third-order valence-corrected chi connectivity index (χ3v) is 2.47. The van der Waals surface area contributed by atoms with Crippen molar-refractivity contribution >= 4 is 26.3 Å². The summed E-state index contributed by atoms with van der Waals surface area (Å²) in [5.74, 6) is -2.68. The molecule has 0 bridgehead atoms. The molecule has 0 aliphatic rings. The van der Waals surface area contributed by atoms with Gasteiger partial charge in [-0.15, -0.1) is 0 Å². The Morgan fingerprint density at radius 1 is 1.06 bits per heavy atom. The molecule has 0 aromatic heterocycles. The third kappa shape index (κ3) is 1.82. The summed E-state index contributed by atoms with van der Waals surface area (Å²) < 4.78 is 54.7. The molecule has 0 N–H and O–H groups in total. The van der Waals surface area contributed by atoms with Gasteiger partial charge in [-0.1, -0.05) is 0 Å². The van der Waals surface area contributed by atoms with Gasteiger partial charge >= 0.3 is 94.5 Å². The SMILES string of the molecule is [O]=[Al][O]c1ccc(F)c2c(F)cc(F)cc12. The first kappa shape index (κ1) is 11.1. The Morgan fingerprint density at radius 2 is 1.81 bits per heavy atom. The zero-order chi connectivity index (χ0) is 11.7. The van der Waals surface area contributed by atoms with Crippen LogP contribution in [0.1, 0.15) is 0 Å². The molecule has 0 spiro atoms. The molecule has 2 aromatic rings. The van der Waals surface area contributed by atoms with E-state index in [2.05, 4.69) is 0 Å². The molecule has 0 saturated heterocycles. The van der Waals surface area contributed by atoms with E-state index in [1.165, 1.54) is 6.07 Å². The van der Waals surface area contributed by atoms with Crippen molar-refractivity contribution in [2.45, 2.75) is 0 Å². The second kappa shape index (κ2) is 4.24. The van der Waals surface area contributed by atoms with Crippen molar-refractivity contribution in [3.05, 3.63) is 41.7 Å². The van der Waals surface area contributed by atoms with E-state index in [0.29, 0.717) is 6.07 Å². The minimum atomic E-state index is -1.58. The molecule has 0 amide bonds. The third-order valence-electron chi connectivity index (χ3n) is 2.12. The second-order valence-corrected chi connectivity index (χ2v) is 3.50. The summed E-state index contributed by atoms with van der Waals surface area (Å²) in [7, 11) is 0. The summed E-state index contributed by atoms with van der Waals surface area (Å²) >= 11 is -1.58. The Balaban J connectivity index is 2.86. The molecule has 2 aromatic carbocycles. The van der Waals surface area contributed by atoms with Crippen LogP contribution in [0, 0.1) is 17.5 Å². The van der Waals surface area contributed by atoms with E-state index in [1.807, 2.05) is 0 Å². The molecule has 0 atom stereocenters. The standard InChI is InChI=1S/C10H5F3O.Al.O/c11-5-3-6-9(14)2-1-7(12)10(6)8(13)4-5;;/h1-4,14H;;/q;+1;/p-1. The molecule has 2 rings (SSSR count). The summed E-state index contributed by atoms with van der Waals surface area (Å²) in [6, 6.07) is 3.68. The van der Waals surface area contributed by atoms with Crippen molar-refractivity contribution in [2.75, 3.05) is 0 Å².